The zero-order valence-electron chi connectivity index (χ0n) is 29.3. The number of hydrogen-bond acceptors (Lipinski definition) is 11. The van der Waals surface area contributed by atoms with E-state index in [2.05, 4.69) is 60.5 Å². The van der Waals surface area contributed by atoms with Crippen molar-refractivity contribution >= 4 is 67.4 Å². The number of rotatable bonds is 9. The quantitative estimate of drug-likeness (QED) is 0.232. The van der Waals surface area contributed by atoms with Crippen LogP contribution in [0, 0.1) is 5.92 Å². The zero-order valence-corrected chi connectivity index (χ0v) is 31.7. The molecule has 3 unspecified atom stereocenters. The number of benzene rings is 2. The number of piperidine rings is 3. The Morgan fingerprint density at radius 3 is 2.57 bits per heavy atom. The van der Waals surface area contributed by atoms with Gasteiger partial charge in [-0.05, 0) is 96.7 Å². The Hall–Kier alpha value is -4.60. The van der Waals surface area contributed by atoms with E-state index in [0.29, 0.717) is 44.8 Å². The summed E-state index contributed by atoms with van der Waals surface area (Å²) in [5.74, 6) is 0.249. The minimum atomic E-state index is -0.980. The van der Waals surface area contributed by atoms with Crippen molar-refractivity contribution < 1.29 is 23.9 Å². The van der Waals surface area contributed by atoms with Gasteiger partial charge in [-0.2, -0.15) is 0 Å². The molecule has 4 amide bonds. The highest BCUT2D eigenvalue weighted by Gasteiger charge is 2.46. The molecule has 13 nitrogen and oxygen atoms in total. The van der Waals surface area contributed by atoms with Crippen LogP contribution in [0.4, 0.5) is 11.5 Å². The van der Waals surface area contributed by atoms with Crippen molar-refractivity contribution in [3.8, 4) is 5.75 Å². The van der Waals surface area contributed by atoms with E-state index in [9.17, 15) is 24.0 Å². The predicted molar refractivity (Wildman–Crippen MR) is 204 cm³/mol. The molecular weight excluding hydrogens is 762 g/mol. The summed E-state index contributed by atoms with van der Waals surface area (Å²) in [7, 11) is 2.12. The number of hydrogen-bond donors (Lipinski definition) is 2. The third-order valence-electron chi connectivity index (χ3n) is 10.9. The van der Waals surface area contributed by atoms with Crippen LogP contribution in [0.25, 0.3) is 4.96 Å². The van der Waals surface area contributed by atoms with Gasteiger partial charge in [0, 0.05) is 50.2 Å². The monoisotopic (exact) mass is 801 g/mol. The molecule has 8 rings (SSSR count). The van der Waals surface area contributed by atoms with Crippen LogP contribution in [0.3, 0.4) is 0 Å². The Labute approximate surface area is 318 Å². The van der Waals surface area contributed by atoms with Crippen molar-refractivity contribution in [1.82, 2.24) is 24.5 Å². The number of likely N-dealkylation sites (N-methyl/N-ethyl adjacent to an activating group) is 1. The Morgan fingerprint density at radius 2 is 1.79 bits per heavy atom. The summed E-state index contributed by atoms with van der Waals surface area (Å²) < 4.78 is 8.18. The van der Waals surface area contributed by atoms with Crippen molar-refractivity contribution in [3.05, 3.63) is 85.6 Å². The molecule has 53 heavy (non-hydrogen) atoms. The van der Waals surface area contributed by atoms with Crippen LogP contribution in [-0.4, -0.2) is 94.7 Å². The lowest BCUT2D eigenvalue weighted by molar-refractivity contribution is -0.136. The summed E-state index contributed by atoms with van der Waals surface area (Å²) in [6, 6.07) is 12.8. The highest BCUT2D eigenvalue weighted by molar-refractivity contribution is 9.10. The molecule has 4 aliphatic heterocycles. The van der Waals surface area contributed by atoms with E-state index >= 15 is 0 Å². The molecule has 2 N–H and O–H groups in total. The Balaban J connectivity index is 0.828. The fraction of sp³-hybridized carbons (Fsp3) is 0.421. The minimum absolute atomic E-state index is 0.0904. The van der Waals surface area contributed by atoms with Crippen molar-refractivity contribution in [2.24, 2.45) is 5.92 Å². The van der Waals surface area contributed by atoms with E-state index in [1.807, 2.05) is 23.6 Å². The van der Waals surface area contributed by atoms with Gasteiger partial charge in [0.2, 0.25) is 11.8 Å². The maximum absolute atomic E-state index is 13.6. The molecule has 0 radical (unpaired) electrons. The number of amides is 4. The van der Waals surface area contributed by atoms with Gasteiger partial charge in [-0.3, -0.25) is 38.6 Å². The van der Waals surface area contributed by atoms with Crippen LogP contribution < -0.4 is 25.8 Å². The molecule has 0 bridgehead atoms. The van der Waals surface area contributed by atoms with Gasteiger partial charge in [0.15, 0.2) is 4.96 Å². The Bertz CT molecular complexity index is 2150. The summed E-state index contributed by atoms with van der Waals surface area (Å²) in [4.78, 5) is 74.6. The van der Waals surface area contributed by atoms with Crippen molar-refractivity contribution in [2.45, 2.75) is 56.5 Å². The van der Waals surface area contributed by atoms with Crippen molar-refractivity contribution in [3.63, 3.8) is 0 Å². The van der Waals surface area contributed by atoms with Crippen LogP contribution >= 0.6 is 27.3 Å². The maximum atomic E-state index is 13.6. The molecule has 276 valence electrons. The third kappa shape index (κ3) is 6.97. The molecule has 3 atom stereocenters. The number of aromatic nitrogens is 2. The highest BCUT2D eigenvalue weighted by atomic mass is 79.9. The lowest BCUT2D eigenvalue weighted by Gasteiger charge is -2.36. The number of halogens is 1. The van der Waals surface area contributed by atoms with E-state index in [1.165, 1.54) is 16.9 Å². The van der Waals surface area contributed by atoms with Gasteiger partial charge in [-0.1, -0.05) is 18.2 Å². The topological polar surface area (TPSA) is 146 Å². The van der Waals surface area contributed by atoms with Crippen LogP contribution in [-0.2, 0) is 9.59 Å². The summed E-state index contributed by atoms with van der Waals surface area (Å²) in [6.07, 6.45) is 5.64. The number of thiazole rings is 1. The van der Waals surface area contributed by atoms with Gasteiger partial charge in [-0.25, -0.2) is 4.98 Å². The maximum Gasteiger partial charge on any atom is 0.275 e. The molecule has 4 aromatic rings. The van der Waals surface area contributed by atoms with Gasteiger partial charge in [-0.15, -0.1) is 11.3 Å². The van der Waals surface area contributed by atoms with Crippen LogP contribution in [0.15, 0.2) is 63.3 Å². The number of carbonyl (C=O) groups is 4. The number of ether oxygens (including phenoxy) is 1. The largest absolute Gasteiger partial charge is 0.494 e. The van der Waals surface area contributed by atoms with Crippen molar-refractivity contribution in [1.29, 1.82) is 0 Å². The van der Waals surface area contributed by atoms with Crippen LogP contribution in [0.5, 0.6) is 5.75 Å². The molecule has 2 aromatic heterocycles. The van der Waals surface area contributed by atoms with E-state index < -0.39 is 29.7 Å². The van der Waals surface area contributed by atoms with E-state index in [0.717, 1.165) is 68.2 Å². The molecular formula is C38H40BrN7O6S. The molecule has 6 heterocycles. The van der Waals surface area contributed by atoms with Gasteiger partial charge in [0.1, 0.15) is 22.1 Å². The average molecular weight is 803 g/mol. The first-order valence-corrected chi connectivity index (χ1v) is 19.7. The molecule has 3 fully saturated rings. The number of likely N-dealkylation sites (tertiary alicyclic amines) is 1. The molecule has 0 aliphatic carbocycles. The summed E-state index contributed by atoms with van der Waals surface area (Å²) >= 11 is 4.90. The van der Waals surface area contributed by atoms with Gasteiger partial charge in [0.25, 0.3) is 17.4 Å². The molecule has 3 saturated heterocycles. The number of fused-ring (bicyclic) bond motifs is 2. The smallest absolute Gasteiger partial charge is 0.275 e. The zero-order chi connectivity index (χ0) is 36.8. The van der Waals surface area contributed by atoms with Gasteiger partial charge >= 0.3 is 0 Å². The van der Waals surface area contributed by atoms with Crippen LogP contribution in [0.2, 0.25) is 0 Å². The average Bonchev–Trinajstić information content (AvgIpc) is 3.73. The molecule has 15 heteroatoms. The molecule has 0 saturated carbocycles. The SMILES string of the molecule is CN1CC(Nc2nc3sccn3c(=O)c2Br)CC(c2ccc(OCCC3CCN(c4cccc5c4C(=O)N(C4CCC(=O)NC4=O)C5=O)CC3)cc2)C1. The Morgan fingerprint density at radius 1 is 1.00 bits per heavy atom. The fourth-order valence-corrected chi connectivity index (χ4v) is 9.32. The fourth-order valence-electron chi connectivity index (χ4n) is 8.22. The van der Waals surface area contributed by atoms with E-state index in [4.69, 9.17) is 4.74 Å². The van der Waals surface area contributed by atoms with Gasteiger partial charge < -0.3 is 19.9 Å². The van der Waals surface area contributed by atoms with E-state index in [1.54, 1.807) is 22.7 Å². The third-order valence-corrected chi connectivity index (χ3v) is 12.4. The van der Waals surface area contributed by atoms with Gasteiger partial charge in [0.05, 0.1) is 23.4 Å². The second kappa shape index (κ2) is 14.7. The van der Waals surface area contributed by atoms with E-state index in [-0.39, 0.29) is 24.4 Å². The molecule has 0 spiro atoms. The normalized spacial score (nSPS) is 22.7. The lowest BCUT2D eigenvalue weighted by atomic mass is 9.88. The first-order valence-electron chi connectivity index (χ1n) is 18.1. The number of carbonyl (C=O) groups excluding carboxylic acids is 4. The summed E-state index contributed by atoms with van der Waals surface area (Å²) in [5, 5.41) is 7.64. The van der Waals surface area contributed by atoms with Crippen molar-refractivity contribution in [2.75, 3.05) is 50.1 Å². The van der Waals surface area contributed by atoms with Crippen LogP contribution in [0.1, 0.15) is 70.7 Å². The number of nitrogens with zero attached hydrogens (tertiary/aromatic N) is 5. The first-order chi connectivity index (χ1) is 25.6. The first kappa shape index (κ1) is 35.4. The number of nitrogens with one attached hydrogen (secondary N) is 2. The second-order valence-electron chi connectivity index (χ2n) is 14.4. The Kier molecular flexibility index (Phi) is 9.81. The minimum Gasteiger partial charge on any atom is -0.494 e. The summed E-state index contributed by atoms with van der Waals surface area (Å²) in [5.41, 5.74) is 2.50. The summed E-state index contributed by atoms with van der Waals surface area (Å²) in [6.45, 7) is 3.88. The highest BCUT2D eigenvalue weighted by Crippen LogP contribution is 2.36. The standard InChI is InChI=1S/C38H40BrN7O6S/c1-43-20-24(19-25(21-43)40-33-32(39)37(51)45-16-18-53-38(45)42-33)23-5-7-26(8-6-23)52-17-13-22-11-14-44(15-12-22)28-4-2-3-27-31(28)36(50)46(35(27)49)29-9-10-30(47)41-34(29)48/h2-8,16,18,22,24-25,29,40H,9-15,17,19-21H2,1H3,(H,41,47,48). The molecule has 4 aliphatic rings. The number of anilines is 2. The molecule has 2 aromatic carbocycles. The predicted octanol–water partition coefficient (Wildman–Crippen LogP) is 4.51. The number of imide groups is 2. The second-order valence-corrected chi connectivity index (χ2v) is 16.1. The lowest BCUT2D eigenvalue weighted by Crippen LogP contribution is -2.54.